The maximum absolute atomic E-state index is 11.6. The van der Waals surface area contributed by atoms with Gasteiger partial charge >= 0.3 is 0 Å². The Hall–Kier alpha value is -1.88. The first-order valence-corrected chi connectivity index (χ1v) is 4.91. The minimum Gasteiger partial charge on any atom is -0.298 e. The Bertz CT molecular complexity index is 459. The van der Waals surface area contributed by atoms with Crippen LogP contribution >= 0.6 is 0 Å². The van der Waals surface area contributed by atoms with Crippen LogP contribution in [0.3, 0.4) is 0 Å². The predicted octanol–water partition coefficient (Wildman–Crippen LogP) is 2.10. The molecule has 1 fully saturated rings. The summed E-state index contributed by atoms with van der Waals surface area (Å²) in [6.07, 6.45) is 2.87. The quantitative estimate of drug-likeness (QED) is 0.315. The van der Waals surface area contributed by atoms with E-state index in [9.17, 15) is 9.59 Å². The van der Waals surface area contributed by atoms with Crippen LogP contribution in [-0.4, -0.2) is 12.1 Å². The third-order valence-corrected chi connectivity index (χ3v) is 2.30. The van der Waals surface area contributed by atoms with Crippen molar-refractivity contribution < 1.29 is 9.59 Å². The molecule has 1 aliphatic rings. The third-order valence-electron chi connectivity index (χ3n) is 2.30. The minimum absolute atomic E-state index is 0.260. The Morgan fingerprint density at radius 3 is 2.73 bits per heavy atom. The number of Topliss-reactive ketones (excluding diaryl/α,β-unsaturated/α-hetero) is 1. The van der Waals surface area contributed by atoms with Crippen LogP contribution in [0.15, 0.2) is 24.3 Å². The van der Waals surface area contributed by atoms with E-state index in [0.29, 0.717) is 23.3 Å². The van der Waals surface area contributed by atoms with Crippen LogP contribution in [0.5, 0.6) is 0 Å². The van der Waals surface area contributed by atoms with Gasteiger partial charge in [-0.05, 0) is 24.8 Å². The van der Waals surface area contributed by atoms with Crippen LogP contribution in [0, 0.1) is 17.8 Å². The van der Waals surface area contributed by atoms with E-state index in [1.165, 1.54) is 0 Å². The molecule has 2 rings (SSSR count). The summed E-state index contributed by atoms with van der Waals surface area (Å²) in [6.45, 7) is 0. The number of benzene rings is 1. The molecule has 15 heavy (non-hydrogen) atoms. The lowest BCUT2D eigenvalue weighted by Gasteiger charge is -1.96. The van der Waals surface area contributed by atoms with E-state index in [4.69, 9.17) is 0 Å². The van der Waals surface area contributed by atoms with Gasteiger partial charge in [0.2, 0.25) is 5.78 Å². The van der Waals surface area contributed by atoms with Crippen LogP contribution < -0.4 is 0 Å². The zero-order valence-corrected chi connectivity index (χ0v) is 8.19. The monoisotopic (exact) mass is 198 g/mol. The summed E-state index contributed by atoms with van der Waals surface area (Å²) in [5.41, 5.74) is 0.813. The second kappa shape index (κ2) is 4.10. The van der Waals surface area contributed by atoms with Crippen LogP contribution in [-0.2, 0) is 0 Å². The second-order valence-electron chi connectivity index (χ2n) is 3.58. The number of carbonyl (C=O) groups is 2. The summed E-state index contributed by atoms with van der Waals surface area (Å²) in [6, 6.07) is 6.72. The molecule has 0 atom stereocenters. The van der Waals surface area contributed by atoms with E-state index < -0.39 is 0 Å². The van der Waals surface area contributed by atoms with Crippen molar-refractivity contribution in [2.75, 3.05) is 0 Å². The number of aldehydes is 1. The molecular weight excluding hydrogens is 188 g/mol. The largest absolute Gasteiger partial charge is 0.298 e. The van der Waals surface area contributed by atoms with Gasteiger partial charge in [-0.2, -0.15) is 0 Å². The van der Waals surface area contributed by atoms with Crippen molar-refractivity contribution >= 4 is 12.1 Å². The van der Waals surface area contributed by atoms with Gasteiger partial charge in [0.15, 0.2) is 6.29 Å². The Balaban J connectivity index is 2.24. The predicted molar refractivity (Wildman–Crippen MR) is 56.7 cm³/mol. The number of carbonyl (C=O) groups excluding carboxylic acids is 2. The standard InChI is InChI=1S/C13H10O2/c14-9-11-3-1-2-4-12(11)13(15)8-7-10-5-6-10/h1-4,9-10H,5-6H2. The number of hydrogen-bond acceptors (Lipinski definition) is 2. The van der Waals surface area contributed by atoms with E-state index in [1.54, 1.807) is 24.3 Å². The van der Waals surface area contributed by atoms with Gasteiger partial charge in [-0.15, -0.1) is 0 Å². The van der Waals surface area contributed by atoms with Gasteiger partial charge in [0.25, 0.3) is 0 Å². The van der Waals surface area contributed by atoms with E-state index in [0.717, 1.165) is 12.8 Å². The molecule has 0 saturated heterocycles. The summed E-state index contributed by atoms with van der Waals surface area (Å²) in [5.74, 6) is 5.62. The number of hydrogen-bond donors (Lipinski definition) is 0. The molecule has 74 valence electrons. The highest BCUT2D eigenvalue weighted by Crippen LogP contribution is 2.27. The Kier molecular flexibility index (Phi) is 2.64. The zero-order valence-electron chi connectivity index (χ0n) is 8.19. The molecule has 1 aliphatic carbocycles. The fraction of sp³-hybridized carbons (Fsp3) is 0.231. The van der Waals surface area contributed by atoms with Crippen LogP contribution in [0.25, 0.3) is 0 Å². The lowest BCUT2D eigenvalue weighted by atomic mass is 10.0. The molecule has 0 heterocycles. The van der Waals surface area contributed by atoms with E-state index in [2.05, 4.69) is 11.8 Å². The van der Waals surface area contributed by atoms with Gasteiger partial charge in [-0.3, -0.25) is 9.59 Å². The van der Waals surface area contributed by atoms with Gasteiger partial charge in [-0.25, -0.2) is 0 Å². The first-order chi connectivity index (χ1) is 7.31. The molecule has 0 unspecified atom stereocenters. The summed E-state index contributed by atoms with van der Waals surface area (Å²) in [5, 5.41) is 0. The maximum Gasteiger partial charge on any atom is 0.236 e. The Morgan fingerprint density at radius 1 is 1.33 bits per heavy atom. The molecule has 0 aliphatic heterocycles. The molecular formula is C13H10O2. The van der Waals surface area contributed by atoms with Crippen molar-refractivity contribution in [2.24, 2.45) is 5.92 Å². The average Bonchev–Trinajstić information content (AvgIpc) is 3.09. The molecule has 1 aromatic rings. The van der Waals surface area contributed by atoms with Crippen molar-refractivity contribution in [1.29, 1.82) is 0 Å². The highest BCUT2D eigenvalue weighted by atomic mass is 16.1. The summed E-state index contributed by atoms with van der Waals surface area (Å²) in [7, 11) is 0. The average molecular weight is 198 g/mol. The van der Waals surface area contributed by atoms with Crippen LogP contribution in [0.4, 0.5) is 0 Å². The van der Waals surface area contributed by atoms with Crippen molar-refractivity contribution in [3.8, 4) is 11.8 Å². The maximum atomic E-state index is 11.6. The number of ketones is 1. The first kappa shape index (κ1) is 9.67. The van der Waals surface area contributed by atoms with Crippen LogP contribution in [0.1, 0.15) is 33.6 Å². The smallest absolute Gasteiger partial charge is 0.236 e. The lowest BCUT2D eigenvalue weighted by Crippen LogP contribution is -2.00. The highest BCUT2D eigenvalue weighted by Gasteiger charge is 2.18. The molecule has 2 heteroatoms. The second-order valence-corrected chi connectivity index (χ2v) is 3.58. The molecule has 0 bridgehead atoms. The Morgan fingerprint density at radius 2 is 2.07 bits per heavy atom. The molecule has 0 spiro atoms. The van der Waals surface area contributed by atoms with Crippen LogP contribution in [0.2, 0.25) is 0 Å². The molecule has 0 N–H and O–H groups in total. The number of rotatable bonds is 2. The van der Waals surface area contributed by atoms with Crippen molar-refractivity contribution in [1.82, 2.24) is 0 Å². The molecule has 0 aromatic heterocycles. The summed E-state index contributed by atoms with van der Waals surface area (Å²) >= 11 is 0. The summed E-state index contributed by atoms with van der Waals surface area (Å²) < 4.78 is 0. The normalized spacial score (nSPS) is 13.9. The van der Waals surface area contributed by atoms with Gasteiger partial charge < -0.3 is 0 Å². The first-order valence-electron chi connectivity index (χ1n) is 4.91. The van der Waals surface area contributed by atoms with Gasteiger partial charge in [-0.1, -0.05) is 24.1 Å². The van der Waals surface area contributed by atoms with Crippen molar-refractivity contribution in [3.05, 3.63) is 35.4 Å². The van der Waals surface area contributed by atoms with Crippen molar-refractivity contribution in [2.45, 2.75) is 12.8 Å². The van der Waals surface area contributed by atoms with Gasteiger partial charge in [0, 0.05) is 17.0 Å². The SMILES string of the molecule is O=Cc1ccccc1C(=O)C#CC1CC1. The van der Waals surface area contributed by atoms with Gasteiger partial charge in [0.05, 0.1) is 0 Å². The van der Waals surface area contributed by atoms with Gasteiger partial charge in [0.1, 0.15) is 0 Å². The topological polar surface area (TPSA) is 34.1 Å². The third kappa shape index (κ3) is 2.32. The highest BCUT2D eigenvalue weighted by molar-refractivity contribution is 6.12. The zero-order chi connectivity index (χ0) is 10.7. The molecule has 0 amide bonds. The fourth-order valence-electron chi connectivity index (χ4n) is 1.27. The van der Waals surface area contributed by atoms with E-state index in [-0.39, 0.29) is 5.78 Å². The molecule has 1 aromatic carbocycles. The fourth-order valence-corrected chi connectivity index (χ4v) is 1.27. The lowest BCUT2D eigenvalue weighted by molar-refractivity contribution is 0.104. The molecule has 2 nitrogen and oxygen atoms in total. The van der Waals surface area contributed by atoms with E-state index >= 15 is 0 Å². The molecule has 0 radical (unpaired) electrons. The van der Waals surface area contributed by atoms with Crippen molar-refractivity contribution in [3.63, 3.8) is 0 Å². The Labute approximate surface area is 88.3 Å². The molecule has 1 saturated carbocycles. The minimum atomic E-state index is -0.260. The summed E-state index contributed by atoms with van der Waals surface area (Å²) in [4.78, 5) is 22.3. The van der Waals surface area contributed by atoms with E-state index in [1.807, 2.05) is 0 Å².